The zero-order valence-electron chi connectivity index (χ0n) is 40.8. The van der Waals surface area contributed by atoms with Crippen molar-refractivity contribution in [3.63, 3.8) is 0 Å². The molecule has 3 radical (unpaired) electrons. The molecular formula is C51H75BF2N8NaO3. The van der Waals surface area contributed by atoms with Crippen LogP contribution in [0.5, 0.6) is 0 Å². The molecule has 355 valence electrons. The summed E-state index contributed by atoms with van der Waals surface area (Å²) < 4.78 is 27.5. The molecular weight excluding hydrogens is 844 g/mol. The normalized spacial score (nSPS) is 18.5. The minimum Gasteiger partial charge on any atom is -1.00 e. The van der Waals surface area contributed by atoms with Gasteiger partial charge in [-0.25, -0.2) is 18.7 Å². The van der Waals surface area contributed by atoms with Crippen LogP contribution in [0.3, 0.4) is 0 Å². The summed E-state index contributed by atoms with van der Waals surface area (Å²) in [5, 5.41) is 28.3. The number of fused-ring (bicyclic) bond motifs is 2. The first kappa shape index (κ1) is 55.6. The number of anilines is 2. The summed E-state index contributed by atoms with van der Waals surface area (Å²) >= 11 is 0. The molecule has 2 aromatic heterocycles. The molecule has 8 rings (SSSR count). The first-order valence-electron chi connectivity index (χ1n) is 24.5. The standard InChI is InChI=1S/C25H37FN4O.C25H37FN4.CO2.B.Na.H/c26-21-7-6-19-8-12-29-25(23(19)18-21)30-15-9-22(10-16-30)27-13-14-28-24(11-17-31)20-4-2-1-3-5-20;1-2-24(20-6-4-3-5-7-20)28-15-14-27-22-11-16-30(17-12-22)25-23-18-21(26)9-8-19(23)10-13-29-25;2-1-3;;;/h6-8,12,18,20,22,24,27-28,31H,1-5,9-11,13-17H2;8-10,13,18,20,22,24,27-28H,2-7,11-12,14-17H2,1H3;;;;/q;;;;+1;-1. The van der Waals surface area contributed by atoms with E-state index in [2.05, 4.69) is 48.0 Å². The third kappa shape index (κ3) is 16.9. The van der Waals surface area contributed by atoms with Gasteiger partial charge in [0.05, 0.1) is 0 Å². The Morgan fingerprint density at radius 1 is 0.652 bits per heavy atom. The molecule has 2 aromatic carbocycles. The van der Waals surface area contributed by atoms with Gasteiger partial charge in [-0.15, -0.1) is 0 Å². The van der Waals surface area contributed by atoms with E-state index in [-0.39, 0.29) is 63.8 Å². The van der Waals surface area contributed by atoms with Gasteiger partial charge in [0.25, 0.3) is 0 Å². The summed E-state index contributed by atoms with van der Waals surface area (Å²) in [4.78, 5) is 30.0. The minimum atomic E-state index is -0.210. The number of benzene rings is 2. The van der Waals surface area contributed by atoms with Crippen molar-refractivity contribution in [1.82, 2.24) is 31.2 Å². The van der Waals surface area contributed by atoms with E-state index in [4.69, 9.17) is 9.59 Å². The summed E-state index contributed by atoms with van der Waals surface area (Å²) in [6, 6.07) is 16.0. The molecule has 66 heavy (non-hydrogen) atoms. The largest absolute Gasteiger partial charge is 1.00 e. The van der Waals surface area contributed by atoms with Crippen LogP contribution in [-0.2, 0) is 9.59 Å². The fraction of sp³-hybridized carbons (Fsp3) is 0.627. The van der Waals surface area contributed by atoms with Crippen molar-refractivity contribution < 1.29 is 54.5 Å². The van der Waals surface area contributed by atoms with Crippen molar-refractivity contribution in [3.8, 4) is 0 Å². The quantitative estimate of drug-likeness (QED) is 0.0733. The van der Waals surface area contributed by atoms with Crippen LogP contribution in [0.15, 0.2) is 60.9 Å². The number of hydrogen-bond acceptors (Lipinski definition) is 11. The first-order chi connectivity index (χ1) is 31.4. The fourth-order valence-corrected chi connectivity index (χ4v) is 10.8. The van der Waals surface area contributed by atoms with Gasteiger partial charge in [-0.1, -0.05) is 57.6 Å². The van der Waals surface area contributed by atoms with Crippen molar-refractivity contribution in [3.05, 3.63) is 72.6 Å². The summed E-state index contributed by atoms with van der Waals surface area (Å²) in [5.74, 6) is 3.02. The molecule has 2 unspecified atom stereocenters. The molecule has 2 aliphatic carbocycles. The molecule has 4 heterocycles. The zero-order chi connectivity index (χ0) is 44.9. The number of rotatable bonds is 17. The Bertz CT molecular complexity index is 2010. The molecule has 15 heteroatoms. The van der Waals surface area contributed by atoms with Crippen LogP contribution in [0, 0.1) is 23.5 Å². The SMILES string of the molecule is CCC(NCCNC1CCN(c2nccc3ccc(F)cc23)CC1)C1CCCCC1.O=C=O.OCCC(NCCNC1CCN(c2nccc3ccc(F)cc23)CC1)C1CCCCC1.[B].[H-].[Na+]. The van der Waals surface area contributed by atoms with E-state index >= 15 is 0 Å². The maximum atomic E-state index is 13.8. The summed E-state index contributed by atoms with van der Waals surface area (Å²) in [6.45, 7) is 10.4. The summed E-state index contributed by atoms with van der Waals surface area (Å²) in [7, 11) is 0. The van der Waals surface area contributed by atoms with E-state index in [1.165, 1.54) is 82.8 Å². The Balaban J connectivity index is 0.000000322. The van der Waals surface area contributed by atoms with Gasteiger partial charge in [0.1, 0.15) is 23.3 Å². The number of aliphatic hydroxyl groups excluding tert-OH is 1. The van der Waals surface area contributed by atoms with Gasteiger partial charge in [-0.05, 0) is 123 Å². The number of nitrogens with zero attached hydrogens (tertiary/aromatic N) is 4. The van der Waals surface area contributed by atoms with Gasteiger partial charge >= 0.3 is 35.7 Å². The van der Waals surface area contributed by atoms with E-state index in [9.17, 15) is 13.9 Å². The Morgan fingerprint density at radius 3 is 1.47 bits per heavy atom. The Morgan fingerprint density at radius 2 is 1.06 bits per heavy atom. The number of carbonyl (C=O) groups excluding carboxylic acids is 2. The van der Waals surface area contributed by atoms with Gasteiger partial charge in [0, 0.05) is 115 Å². The number of nitrogens with one attached hydrogen (secondary N) is 4. The van der Waals surface area contributed by atoms with Crippen molar-refractivity contribution in [2.45, 2.75) is 134 Å². The second-order valence-corrected chi connectivity index (χ2v) is 18.4. The maximum Gasteiger partial charge on any atom is 1.00 e. The number of hydrogen-bond donors (Lipinski definition) is 5. The molecule has 11 nitrogen and oxygen atoms in total. The van der Waals surface area contributed by atoms with Crippen LogP contribution in [0.25, 0.3) is 21.5 Å². The van der Waals surface area contributed by atoms with E-state index in [0.29, 0.717) is 24.2 Å². The predicted octanol–water partition coefficient (Wildman–Crippen LogP) is 4.89. The molecule has 4 aromatic rings. The van der Waals surface area contributed by atoms with Crippen LogP contribution in [-0.4, -0.2) is 113 Å². The first-order valence-corrected chi connectivity index (χ1v) is 24.5. The zero-order valence-corrected chi connectivity index (χ0v) is 41.8. The van der Waals surface area contributed by atoms with Gasteiger partial charge in [0.2, 0.25) is 0 Å². The molecule has 2 aliphatic heterocycles. The van der Waals surface area contributed by atoms with Gasteiger partial charge in [-0.3, -0.25) is 0 Å². The van der Waals surface area contributed by atoms with Crippen molar-refractivity contribution in [2.75, 3.05) is 68.8 Å². The molecule has 2 atom stereocenters. The molecule has 2 saturated carbocycles. The number of pyridine rings is 2. The molecule has 0 bridgehead atoms. The third-order valence-corrected chi connectivity index (χ3v) is 14.3. The van der Waals surface area contributed by atoms with Crippen molar-refractivity contribution >= 4 is 47.7 Å². The van der Waals surface area contributed by atoms with Gasteiger partial charge in [0.15, 0.2) is 0 Å². The van der Waals surface area contributed by atoms with E-state index < -0.39 is 0 Å². The van der Waals surface area contributed by atoms with Crippen molar-refractivity contribution in [1.29, 1.82) is 0 Å². The van der Waals surface area contributed by atoms with Crippen molar-refractivity contribution in [2.24, 2.45) is 11.8 Å². The van der Waals surface area contributed by atoms with Crippen LogP contribution in [0.1, 0.15) is 111 Å². The monoisotopic (exact) mass is 920 g/mol. The number of aromatic nitrogens is 2. The topological polar surface area (TPSA) is 135 Å². The molecule has 0 amide bonds. The smallest absolute Gasteiger partial charge is 1.00 e. The summed E-state index contributed by atoms with van der Waals surface area (Å²) in [5.41, 5.74) is 0. The van der Waals surface area contributed by atoms with Gasteiger partial charge < -0.3 is 37.6 Å². The van der Waals surface area contributed by atoms with Crippen LogP contribution < -0.4 is 60.6 Å². The van der Waals surface area contributed by atoms with Gasteiger partial charge in [-0.2, -0.15) is 9.59 Å². The number of piperidine rings is 2. The average molecular weight is 920 g/mol. The Kier molecular flexibility index (Phi) is 25.6. The number of halogens is 2. The van der Waals surface area contributed by atoms with Crippen LogP contribution in [0.2, 0.25) is 0 Å². The second kappa shape index (κ2) is 30.5. The van der Waals surface area contributed by atoms with Crippen LogP contribution in [0.4, 0.5) is 20.4 Å². The third-order valence-electron chi connectivity index (χ3n) is 14.3. The second-order valence-electron chi connectivity index (χ2n) is 18.4. The van der Waals surface area contributed by atoms with E-state index in [1.54, 1.807) is 12.1 Å². The van der Waals surface area contributed by atoms with E-state index in [1.807, 2.05) is 36.7 Å². The maximum absolute atomic E-state index is 13.8. The number of aliphatic hydroxyl groups is 1. The van der Waals surface area contributed by atoms with E-state index in [0.717, 1.165) is 129 Å². The predicted molar refractivity (Wildman–Crippen MR) is 260 cm³/mol. The minimum absolute atomic E-state index is 0. The summed E-state index contributed by atoms with van der Waals surface area (Å²) in [6.07, 6.45) is 24.1. The molecule has 0 spiro atoms. The molecule has 5 N–H and O–H groups in total. The Labute approximate surface area is 418 Å². The molecule has 4 aliphatic rings. The fourth-order valence-electron chi connectivity index (χ4n) is 10.8. The molecule has 4 fully saturated rings. The average Bonchev–Trinajstić information content (AvgIpc) is 3.33. The Hall–Kier alpha value is -3.04. The molecule has 2 saturated heterocycles. The van der Waals surface area contributed by atoms with Crippen LogP contribution >= 0.6 is 0 Å².